The molecule has 1 aliphatic rings. The van der Waals surface area contributed by atoms with Crippen LogP contribution in [0.1, 0.15) is 36.8 Å². The number of rotatable bonds is 5. The van der Waals surface area contributed by atoms with Gasteiger partial charge in [-0.25, -0.2) is 0 Å². The number of thiocarbonyl (C=S) groups is 1. The van der Waals surface area contributed by atoms with Gasteiger partial charge in [0.05, 0.1) is 17.8 Å². The van der Waals surface area contributed by atoms with E-state index < -0.39 is 0 Å². The molecule has 27 heavy (non-hydrogen) atoms. The molecule has 0 spiro atoms. The van der Waals surface area contributed by atoms with E-state index in [0.717, 1.165) is 33.9 Å². The van der Waals surface area contributed by atoms with Gasteiger partial charge in [-0.1, -0.05) is 28.9 Å². The lowest BCUT2D eigenvalue weighted by molar-refractivity contribution is 0.309. The van der Waals surface area contributed by atoms with Gasteiger partial charge in [0.2, 0.25) is 0 Å². The zero-order valence-corrected chi connectivity index (χ0v) is 17.5. The number of aromatic nitrogens is 2. The highest BCUT2D eigenvalue weighted by Gasteiger charge is 2.40. The average Bonchev–Trinajstić information content (AvgIpc) is 3.28. The molecule has 1 aliphatic heterocycles. The topological polar surface area (TPSA) is 33.1 Å². The molecular weight excluding hydrogens is 420 g/mol. The van der Waals surface area contributed by atoms with Crippen LogP contribution in [-0.2, 0) is 0 Å². The first-order valence-electron chi connectivity index (χ1n) is 9.10. The molecule has 1 N–H and O–H groups in total. The van der Waals surface area contributed by atoms with E-state index in [1.54, 1.807) is 0 Å². The Balaban J connectivity index is 1.80. The van der Waals surface area contributed by atoms with Gasteiger partial charge in [0, 0.05) is 34.8 Å². The van der Waals surface area contributed by atoms with Crippen molar-refractivity contribution in [2.24, 2.45) is 0 Å². The molecule has 0 saturated carbocycles. The molecule has 3 heterocycles. The third-order valence-electron chi connectivity index (χ3n) is 4.85. The highest BCUT2D eigenvalue weighted by atomic mass is 79.9. The van der Waals surface area contributed by atoms with Crippen molar-refractivity contribution in [2.45, 2.75) is 25.4 Å². The van der Waals surface area contributed by atoms with Gasteiger partial charge in [-0.3, -0.25) is 4.98 Å². The van der Waals surface area contributed by atoms with Crippen LogP contribution in [0.4, 0.5) is 0 Å². The number of hydrogen-bond acceptors (Lipinski definition) is 2. The molecule has 4 rings (SSSR count). The standard InChI is InChI=1S/C21H21BrN4S/c1-2-13-26-20(19(24-21(26)27)17-6-3-4-12-23-17)18-7-5-14-25(18)16-10-8-15(22)9-11-16/h3-12,14,19-20H,2,13H2,1H3,(H,24,27)/t19-,20+/m0/s1. The van der Waals surface area contributed by atoms with Gasteiger partial charge in [0.25, 0.3) is 0 Å². The summed E-state index contributed by atoms with van der Waals surface area (Å²) in [7, 11) is 0. The molecule has 0 aliphatic carbocycles. The van der Waals surface area contributed by atoms with Gasteiger partial charge in [0.15, 0.2) is 5.11 Å². The number of nitrogens with one attached hydrogen (secondary N) is 1. The molecule has 0 amide bonds. The largest absolute Gasteiger partial charge is 0.352 e. The van der Waals surface area contributed by atoms with E-state index in [-0.39, 0.29) is 12.1 Å². The lowest BCUT2D eigenvalue weighted by Crippen LogP contribution is -2.31. The van der Waals surface area contributed by atoms with Gasteiger partial charge in [0.1, 0.15) is 0 Å². The number of halogens is 1. The molecule has 2 atom stereocenters. The first kappa shape index (κ1) is 18.2. The van der Waals surface area contributed by atoms with Crippen LogP contribution in [-0.4, -0.2) is 26.1 Å². The lowest BCUT2D eigenvalue weighted by Gasteiger charge is -2.28. The predicted octanol–water partition coefficient (Wildman–Crippen LogP) is 5.02. The monoisotopic (exact) mass is 440 g/mol. The second kappa shape index (κ2) is 7.82. The summed E-state index contributed by atoms with van der Waals surface area (Å²) in [5.41, 5.74) is 3.34. The van der Waals surface area contributed by atoms with E-state index in [9.17, 15) is 0 Å². The van der Waals surface area contributed by atoms with E-state index in [4.69, 9.17) is 12.2 Å². The fourth-order valence-electron chi connectivity index (χ4n) is 3.68. The maximum Gasteiger partial charge on any atom is 0.170 e. The number of hydrogen-bond donors (Lipinski definition) is 1. The van der Waals surface area contributed by atoms with Gasteiger partial charge in [-0.2, -0.15) is 0 Å². The van der Waals surface area contributed by atoms with Crippen LogP contribution in [0.2, 0.25) is 0 Å². The fraction of sp³-hybridized carbons (Fsp3) is 0.238. The molecule has 1 aromatic carbocycles. The predicted molar refractivity (Wildman–Crippen MR) is 116 cm³/mol. The van der Waals surface area contributed by atoms with Crippen molar-refractivity contribution in [1.82, 2.24) is 19.8 Å². The Morgan fingerprint density at radius 2 is 1.93 bits per heavy atom. The molecule has 2 aromatic heterocycles. The molecule has 1 fully saturated rings. The Kier molecular flexibility index (Phi) is 5.27. The van der Waals surface area contributed by atoms with Crippen molar-refractivity contribution >= 4 is 33.3 Å². The Morgan fingerprint density at radius 3 is 2.63 bits per heavy atom. The summed E-state index contributed by atoms with van der Waals surface area (Å²) in [6.07, 6.45) is 4.99. The second-order valence-corrected chi connectivity index (χ2v) is 7.90. The Hall–Kier alpha value is -2.18. The highest BCUT2D eigenvalue weighted by Crippen LogP contribution is 2.39. The van der Waals surface area contributed by atoms with E-state index >= 15 is 0 Å². The normalized spacial score (nSPS) is 19.3. The minimum Gasteiger partial charge on any atom is -0.352 e. The van der Waals surface area contributed by atoms with Crippen LogP contribution in [0.15, 0.2) is 71.5 Å². The molecule has 6 heteroatoms. The number of pyridine rings is 1. The summed E-state index contributed by atoms with van der Waals surface area (Å²) in [4.78, 5) is 6.89. The van der Waals surface area contributed by atoms with Gasteiger partial charge < -0.3 is 14.8 Å². The van der Waals surface area contributed by atoms with Crippen LogP contribution in [0, 0.1) is 0 Å². The highest BCUT2D eigenvalue weighted by molar-refractivity contribution is 9.10. The zero-order valence-electron chi connectivity index (χ0n) is 15.0. The average molecular weight is 441 g/mol. The molecular formula is C21H21BrN4S. The lowest BCUT2D eigenvalue weighted by atomic mass is 10.0. The third-order valence-corrected chi connectivity index (χ3v) is 5.73. The van der Waals surface area contributed by atoms with E-state index in [1.807, 2.05) is 18.3 Å². The van der Waals surface area contributed by atoms with E-state index in [0.29, 0.717) is 0 Å². The fourth-order valence-corrected chi connectivity index (χ4v) is 4.28. The third kappa shape index (κ3) is 3.51. The Bertz CT molecular complexity index is 923. The molecule has 3 aromatic rings. The number of nitrogens with zero attached hydrogens (tertiary/aromatic N) is 3. The first-order chi connectivity index (χ1) is 13.2. The summed E-state index contributed by atoms with van der Waals surface area (Å²) >= 11 is 9.20. The van der Waals surface area contributed by atoms with Gasteiger partial charge in [-0.05, 0) is 67.2 Å². The van der Waals surface area contributed by atoms with Crippen LogP contribution < -0.4 is 5.32 Å². The number of benzene rings is 1. The molecule has 138 valence electrons. The summed E-state index contributed by atoms with van der Waals surface area (Å²) in [6.45, 7) is 3.09. The molecule has 0 radical (unpaired) electrons. The van der Waals surface area contributed by atoms with Crippen LogP contribution in [0.25, 0.3) is 5.69 Å². The molecule has 4 nitrogen and oxygen atoms in total. The van der Waals surface area contributed by atoms with Gasteiger partial charge in [-0.15, -0.1) is 0 Å². The zero-order chi connectivity index (χ0) is 18.8. The summed E-state index contributed by atoms with van der Waals surface area (Å²) in [5, 5.41) is 4.30. The Morgan fingerprint density at radius 1 is 1.11 bits per heavy atom. The Labute approximate surface area is 173 Å². The van der Waals surface area contributed by atoms with Crippen LogP contribution in [0.3, 0.4) is 0 Å². The maximum atomic E-state index is 5.68. The van der Waals surface area contributed by atoms with Gasteiger partial charge >= 0.3 is 0 Å². The minimum absolute atomic E-state index is 0.0225. The molecule has 0 unspecified atom stereocenters. The van der Waals surface area contributed by atoms with Crippen molar-refractivity contribution in [3.05, 3.63) is 82.9 Å². The van der Waals surface area contributed by atoms with Crippen molar-refractivity contribution in [2.75, 3.05) is 6.54 Å². The quantitative estimate of drug-likeness (QED) is 0.564. The van der Waals surface area contributed by atoms with Crippen LogP contribution in [0.5, 0.6) is 0 Å². The summed E-state index contributed by atoms with van der Waals surface area (Å²) in [6, 6.07) is 18.8. The second-order valence-electron chi connectivity index (χ2n) is 6.60. The van der Waals surface area contributed by atoms with E-state index in [1.165, 1.54) is 5.69 Å². The van der Waals surface area contributed by atoms with Crippen LogP contribution >= 0.6 is 28.1 Å². The van der Waals surface area contributed by atoms with Crippen molar-refractivity contribution in [3.8, 4) is 5.69 Å². The molecule has 0 bridgehead atoms. The van der Waals surface area contributed by atoms with Crippen molar-refractivity contribution < 1.29 is 0 Å². The summed E-state index contributed by atoms with van der Waals surface area (Å²) < 4.78 is 3.31. The molecule has 1 saturated heterocycles. The minimum atomic E-state index is 0.0225. The van der Waals surface area contributed by atoms with Crippen molar-refractivity contribution in [1.29, 1.82) is 0 Å². The summed E-state index contributed by atoms with van der Waals surface area (Å²) in [5.74, 6) is 0. The maximum absolute atomic E-state index is 5.68. The van der Waals surface area contributed by atoms with E-state index in [2.05, 4.69) is 91.3 Å². The smallest absolute Gasteiger partial charge is 0.170 e. The first-order valence-corrected chi connectivity index (χ1v) is 10.3. The van der Waals surface area contributed by atoms with Crippen molar-refractivity contribution in [3.63, 3.8) is 0 Å². The SMILES string of the molecule is CCCN1C(=S)N[C@@H](c2ccccn2)[C@H]1c1cccn1-c1ccc(Br)cc1.